The smallest absolute Gasteiger partial charge is 0.340 e. The van der Waals surface area contributed by atoms with Crippen molar-refractivity contribution < 1.29 is 13.9 Å². The number of methoxy groups -OCH3 is 1. The number of oxazole rings is 1. The zero-order valence-electron chi connectivity index (χ0n) is 11.7. The Bertz CT molecular complexity index is 615. The van der Waals surface area contributed by atoms with Crippen LogP contribution in [0.25, 0.3) is 0 Å². The monoisotopic (exact) mass is 275 g/mol. The molecule has 0 aliphatic carbocycles. The number of benzene rings is 1. The third-order valence-corrected chi connectivity index (χ3v) is 2.95. The number of carbonyl (C=O) groups excluding carboxylic acids is 1. The van der Waals surface area contributed by atoms with Crippen LogP contribution in [0.4, 0.5) is 11.4 Å². The van der Waals surface area contributed by atoms with Crippen molar-refractivity contribution in [1.29, 1.82) is 0 Å². The molecule has 1 aromatic heterocycles. The van der Waals surface area contributed by atoms with Gasteiger partial charge in [0.15, 0.2) is 0 Å². The van der Waals surface area contributed by atoms with Crippen molar-refractivity contribution in [2.45, 2.75) is 20.4 Å². The van der Waals surface area contributed by atoms with E-state index >= 15 is 0 Å². The summed E-state index contributed by atoms with van der Waals surface area (Å²) in [6.07, 6.45) is 0. The van der Waals surface area contributed by atoms with E-state index in [2.05, 4.69) is 10.3 Å². The number of carbonyl (C=O) groups is 1. The van der Waals surface area contributed by atoms with E-state index in [0.29, 0.717) is 29.4 Å². The Balaban J connectivity index is 2.18. The molecular formula is C14H17N3O3. The summed E-state index contributed by atoms with van der Waals surface area (Å²) < 4.78 is 10.2. The van der Waals surface area contributed by atoms with Crippen molar-refractivity contribution in [2.75, 3.05) is 18.2 Å². The lowest BCUT2D eigenvalue weighted by Crippen LogP contribution is -2.09. The second-order valence-electron chi connectivity index (χ2n) is 4.40. The average Bonchev–Trinajstić information content (AvgIpc) is 2.75. The molecule has 0 aliphatic heterocycles. The summed E-state index contributed by atoms with van der Waals surface area (Å²) in [5.74, 6) is 0.902. The lowest BCUT2D eigenvalue weighted by atomic mass is 10.1. The number of nitrogens with zero attached hydrogens (tertiary/aromatic N) is 1. The summed E-state index contributed by atoms with van der Waals surface area (Å²) in [5.41, 5.74) is 8.04. The highest BCUT2D eigenvalue weighted by atomic mass is 16.5. The third kappa shape index (κ3) is 2.90. The van der Waals surface area contributed by atoms with E-state index in [-0.39, 0.29) is 0 Å². The van der Waals surface area contributed by atoms with Gasteiger partial charge in [0.05, 0.1) is 24.9 Å². The molecular weight excluding hydrogens is 258 g/mol. The molecule has 0 spiro atoms. The molecule has 20 heavy (non-hydrogen) atoms. The van der Waals surface area contributed by atoms with Gasteiger partial charge in [-0.25, -0.2) is 9.78 Å². The van der Waals surface area contributed by atoms with Gasteiger partial charge in [-0.1, -0.05) is 0 Å². The molecule has 6 heteroatoms. The van der Waals surface area contributed by atoms with Gasteiger partial charge in [-0.2, -0.15) is 0 Å². The summed E-state index contributed by atoms with van der Waals surface area (Å²) in [7, 11) is 1.33. The number of hydrogen-bond acceptors (Lipinski definition) is 6. The van der Waals surface area contributed by atoms with Gasteiger partial charge < -0.3 is 20.2 Å². The minimum absolute atomic E-state index is 0.378. The van der Waals surface area contributed by atoms with Gasteiger partial charge in [0.2, 0.25) is 5.89 Å². The van der Waals surface area contributed by atoms with Crippen LogP contribution in [0, 0.1) is 13.8 Å². The Kier molecular flexibility index (Phi) is 3.93. The average molecular weight is 275 g/mol. The number of rotatable bonds is 4. The molecule has 0 amide bonds. The largest absolute Gasteiger partial charge is 0.465 e. The zero-order chi connectivity index (χ0) is 14.7. The van der Waals surface area contributed by atoms with Crippen LogP contribution in [0.15, 0.2) is 22.6 Å². The first kappa shape index (κ1) is 13.9. The van der Waals surface area contributed by atoms with Crippen molar-refractivity contribution in [1.82, 2.24) is 4.98 Å². The summed E-state index contributed by atoms with van der Waals surface area (Å²) in [4.78, 5) is 16.0. The summed E-state index contributed by atoms with van der Waals surface area (Å²) in [6, 6.07) is 5.01. The molecule has 0 saturated carbocycles. The van der Waals surface area contributed by atoms with Crippen LogP contribution in [-0.4, -0.2) is 18.1 Å². The molecule has 106 valence electrons. The van der Waals surface area contributed by atoms with Gasteiger partial charge in [-0.15, -0.1) is 0 Å². The van der Waals surface area contributed by atoms with E-state index in [9.17, 15) is 4.79 Å². The Hall–Kier alpha value is -2.50. The van der Waals surface area contributed by atoms with E-state index in [1.54, 1.807) is 18.2 Å². The SMILES string of the molecule is COC(=O)c1cc(N)ccc1NCc1nc(C)c(C)o1. The normalized spacial score (nSPS) is 10.3. The molecule has 2 aromatic rings. The fraction of sp³-hybridized carbons (Fsp3) is 0.286. The van der Waals surface area contributed by atoms with Gasteiger partial charge in [0, 0.05) is 11.4 Å². The first-order chi connectivity index (χ1) is 9.51. The third-order valence-electron chi connectivity index (χ3n) is 2.95. The van der Waals surface area contributed by atoms with Crippen LogP contribution >= 0.6 is 0 Å². The molecule has 1 heterocycles. The highest BCUT2D eigenvalue weighted by Crippen LogP contribution is 2.21. The maximum absolute atomic E-state index is 11.7. The number of nitrogens with two attached hydrogens (primary N) is 1. The second kappa shape index (κ2) is 5.64. The fourth-order valence-corrected chi connectivity index (χ4v) is 1.78. The number of anilines is 2. The van der Waals surface area contributed by atoms with Crippen LogP contribution in [0.2, 0.25) is 0 Å². The molecule has 1 aromatic carbocycles. The van der Waals surface area contributed by atoms with E-state index in [1.165, 1.54) is 7.11 Å². The topological polar surface area (TPSA) is 90.4 Å². The van der Waals surface area contributed by atoms with Gasteiger partial charge >= 0.3 is 5.97 Å². The second-order valence-corrected chi connectivity index (χ2v) is 4.40. The molecule has 0 aliphatic rings. The van der Waals surface area contributed by atoms with Crippen molar-refractivity contribution in [3.05, 3.63) is 41.1 Å². The minimum atomic E-state index is -0.445. The molecule has 0 unspecified atom stereocenters. The molecule has 0 radical (unpaired) electrons. The van der Waals surface area contributed by atoms with E-state index in [1.807, 2.05) is 13.8 Å². The highest BCUT2D eigenvalue weighted by molar-refractivity contribution is 5.96. The van der Waals surface area contributed by atoms with Crippen molar-refractivity contribution in [2.24, 2.45) is 0 Å². The number of aromatic nitrogens is 1. The van der Waals surface area contributed by atoms with Crippen molar-refractivity contribution >= 4 is 17.3 Å². The lowest BCUT2D eigenvalue weighted by molar-refractivity contribution is 0.0602. The zero-order valence-corrected chi connectivity index (χ0v) is 11.7. The number of hydrogen-bond donors (Lipinski definition) is 2. The fourth-order valence-electron chi connectivity index (χ4n) is 1.78. The standard InChI is InChI=1S/C14H17N3O3/c1-8-9(2)20-13(17-8)7-16-12-5-4-10(15)6-11(12)14(18)19-3/h4-6,16H,7,15H2,1-3H3. The van der Waals surface area contributed by atoms with E-state index in [4.69, 9.17) is 14.9 Å². The van der Waals surface area contributed by atoms with E-state index < -0.39 is 5.97 Å². The first-order valence-corrected chi connectivity index (χ1v) is 6.16. The van der Waals surface area contributed by atoms with Gasteiger partial charge in [0.25, 0.3) is 0 Å². The van der Waals surface area contributed by atoms with Crippen LogP contribution in [0.5, 0.6) is 0 Å². The molecule has 0 saturated heterocycles. The molecule has 0 atom stereocenters. The van der Waals surface area contributed by atoms with Crippen LogP contribution < -0.4 is 11.1 Å². The Morgan fingerprint density at radius 1 is 1.45 bits per heavy atom. The summed E-state index contributed by atoms with van der Waals surface area (Å²) >= 11 is 0. The summed E-state index contributed by atoms with van der Waals surface area (Å²) in [5, 5.41) is 3.10. The minimum Gasteiger partial charge on any atom is -0.465 e. The Morgan fingerprint density at radius 3 is 2.80 bits per heavy atom. The molecule has 3 N–H and O–H groups in total. The lowest BCUT2D eigenvalue weighted by Gasteiger charge is -2.10. The molecule has 0 bridgehead atoms. The quantitative estimate of drug-likeness (QED) is 0.657. The molecule has 2 rings (SSSR count). The predicted molar refractivity (Wildman–Crippen MR) is 75.5 cm³/mol. The number of ether oxygens (including phenoxy) is 1. The van der Waals surface area contributed by atoms with Crippen LogP contribution in [0.3, 0.4) is 0 Å². The predicted octanol–water partition coefficient (Wildman–Crippen LogP) is 2.27. The van der Waals surface area contributed by atoms with E-state index in [0.717, 1.165) is 11.5 Å². The van der Waals surface area contributed by atoms with Gasteiger partial charge in [-0.3, -0.25) is 0 Å². The van der Waals surface area contributed by atoms with Gasteiger partial charge in [-0.05, 0) is 32.0 Å². The van der Waals surface area contributed by atoms with Crippen LogP contribution in [0.1, 0.15) is 27.7 Å². The van der Waals surface area contributed by atoms with Gasteiger partial charge in [0.1, 0.15) is 5.76 Å². The maximum atomic E-state index is 11.7. The molecule has 6 nitrogen and oxygen atoms in total. The Labute approximate surface area is 116 Å². The molecule has 0 fully saturated rings. The first-order valence-electron chi connectivity index (χ1n) is 6.16. The highest BCUT2D eigenvalue weighted by Gasteiger charge is 2.13. The van der Waals surface area contributed by atoms with Crippen molar-refractivity contribution in [3.63, 3.8) is 0 Å². The number of aryl methyl sites for hydroxylation is 2. The maximum Gasteiger partial charge on any atom is 0.340 e. The summed E-state index contributed by atoms with van der Waals surface area (Å²) in [6.45, 7) is 4.11. The number of nitrogen functional groups attached to an aromatic ring is 1. The Morgan fingerprint density at radius 2 is 2.20 bits per heavy atom. The number of esters is 1. The van der Waals surface area contributed by atoms with Crippen LogP contribution in [-0.2, 0) is 11.3 Å². The number of nitrogens with one attached hydrogen (secondary N) is 1. The van der Waals surface area contributed by atoms with Crippen molar-refractivity contribution in [3.8, 4) is 0 Å².